The van der Waals surface area contributed by atoms with Crippen molar-refractivity contribution in [3.8, 4) is 0 Å². The predicted molar refractivity (Wildman–Crippen MR) is 91.5 cm³/mol. The van der Waals surface area contributed by atoms with Crippen molar-refractivity contribution in [3.63, 3.8) is 0 Å². The van der Waals surface area contributed by atoms with Crippen molar-refractivity contribution in [2.24, 2.45) is 0 Å². The molecule has 0 saturated heterocycles. The second-order valence-corrected chi connectivity index (χ2v) is 8.65. The Hall–Kier alpha value is -2.25. The van der Waals surface area contributed by atoms with E-state index < -0.39 is 21.9 Å². The molecule has 0 spiro atoms. The summed E-state index contributed by atoms with van der Waals surface area (Å²) in [6.45, 7) is 1.08. The Kier molecular flexibility index (Phi) is 6.71. The molecule has 3 aromatic carbocycles. The molecule has 0 atom stereocenters. The molecule has 0 aliphatic rings. The first kappa shape index (κ1) is 17.1. The van der Waals surface area contributed by atoms with Crippen LogP contribution in [0.4, 0.5) is 0 Å². The van der Waals surface area contributed by atoms with Gasteiger partial charge in [-0.15, -0.1) is 0 Å². The van der Waals surface area contributed by atoms with E-state index in [0.29, 0.717) is 0 Å². The third kappa shape index (κ3) is 5.46. The summed E-state index contributed by atoms with van der Waals surface area (Å²) in [5.41, 5.74) is 0. The van der Waals surface area contributed by atoms with Crippen LogP contribution in [0.2, 0.25) is 0 Å². The Morgan fingerprint density at radius 1 is 0.652 bits per heavy atom. The second kappa shape index (κ2) is 9.02. The van der Waals surface area contributed by atoms with Gasteiger partial charge in [0, 0.05) is 6.92 Å². The molecule has 0 heterocycles. The molecule has 0 aliphatic heterocycles. The molecular weight excluding hydrogens is 375 g/mol. The van der Waals surface area contributed by atoms with Crippen molar-refractivity contribution in [2.45, 2.75) is 6.92 Å². The van der Waals surface area contributed by atoms with Gasteiger partial charge < -0.3 is 5.11 Å². The Morgan fingerprint density at radius 2 is 0.870 bits per heavy atom. The van der Waals surface area contributed by atoms with Crippen LogP contribution in [0.1, 0.15) is 6.92 Å². The maximum atomic E-state index is 9.00. The van der Waals surface area contributed by atoms with Crippen LogP contribution in [0.15, 0.2) is 91.0 Å². The van der Waals surface area contributed by atoms with E-state index in [9.17, 15) is 0 Å². The zero-order valence-corrected chi connectivity index (χ0v) is 14.5. The molecule has 1 N–H and O–H groups in total. The summed E-state index contributed by atoms with van der Waals surface area (Å²) in [5.74, 6) is -0.833. The number of carboxylic acids is 1. The Morgan fingerprint density at radius 3 is 1.09 bits per heavy atom. The summed E-state index contributed by atoms with van der Waals surface area (Å²) in [4.78, 5) is 9.00. The molecule has 0 bridgehead atoms. The minimum absolute atomic E-state index is 0.833. The van der Waals surface area contributed by atoms with Crippen LogP contribution in [0, 0.1) is 0 Å². The van der Waals surface area contributed by atoms with E-state index in [0.717, 1.165) is 6.92 Å². The molecule has 0 radical (unpaired) electrons. The summed E-state index contributed by atoms with van der Waals surface area (Å²) in [5, 5.41) is 7.42. The van der Waals surface area contributed by atoms with Crippen LogP contribution >= 0.6 is 0 Å². The normalized spacial score (nSPS) is 10.2. The van der Waals surface area contributed by atoms with Crippen molar-refractivity contribution in [1.82, 2.24) is 0 Å². The number of aliphatic carboxylic acids is 1. The van der Waals surface area contributed by atoms with Gasteiger partial charge in [-0.05, 0) is 0 Å². The van der Waals surface area contributed by atoms with Gasteiger partial charge in [0.15, 0.2) is 0 Å². The quantitative estimate of drug-likeness (QED) is 0.694. The summed E-state index contributed by atoms with van der Waals surface area (Å²) < 4.78 is 4.39. The Balaban J connectivity index is 0.000000433. The standard InChI is InChI=1S/3C6H5.C2H4O2.Rh/c3*1-2-4-6-5-3-1;1-2(3)4;/h3*1-5H;1H3,(H,3,4);. The van der Waals surface area contributed by atoms with Gasteiger partial charge in [0.1, 0.15) is 0 Å². The van der Waals surface area contributed by atoms with Gasteiger partial charge in [-0.1, -0.05) is 0 Å². The van der Waals surface area contributed by atoms with Crippen LogP contribution in [0.3, 0.4) is 0 Å². The first-order chi connectivity index (χ1) is 11.2. The first-order valence-electron chi connectivity index (χ1n) is 7.16. The van der Waals surface area contributed by atoms with Gasteiger partial charge in [0.25, 0.3) is 5.97 Å². The van der Waals surface area contributed by atoms with Crippen LogP contribution in [0.25, 0.3) is 0 Å². The van der Waals surface area contributed by atoms with E-state index in [-0.39, 0.29) is 0 Å². The van der Waals surface area contributed by atoms with Crippen molar-refractivity contribution in [1.29, 1.82) is 0 Å². The van der Waals surface area contributed by atoms with Crippen molar-refractivity contribution in [3.05, 3.63) is 91.0 Å². The van der Waals surface area contributed by atoms with E-state index in [4.69, 9.17) is 9.90 Å². The third-order valence-electron chi connectivity index (χ3n) is 2.73. The molecule has 0 fully saturated rings. The predicted octanol–water partition coefficient (Wildman–Crippen LogP) is 2.67. The number of benzene rings is 3. The number of carbonyl (C=O) groups is 1. The fourth-order valence-corrected chi connectivity index (χ4v) is 6.11. The molecule has 120 valence electrons. The van der Waals surface area contributed by atoms with Crippen LogP contribution < -0.4 is 12.5 Å². The third-order valence-corrected chi connectivity index (χ3v) is 7.21. The molecule has 3 heteroatoms. The molecule has 2 nitrogen and oxygen atoms in total. The number of rotatable bonds is 3. The van der Waals surface area contributed by atoms with Gasteiger partial charge in [-0.3, -0.25) is 4.79 Å². The maximum absolute atomic E-state index is 9.00. The van der Waals surface area contributed by atoms with Gasteiger partial charge in [-0.25, -0.2) is 0 Å². The Bertz CT molecular complexity index is 614. The number of hydrogen-bond donors (Lipinski definition) is 1. The SMILES string of the molecule is CC(=O)O.c1cc[c]([Rh]([c]2ccccc2)[c]2ccccc2)cc1. The fraction of sp³-hybridized carbons (Fsp3) is 0.0500. The summed E-state index contributed by atoms with van der Waals surface area (Å²) in [6.07, 6.45) is 0. The molecule has 0 amide bonds. The number of hydrogen-bond acceptors (Lipinski definition) is 1. The van der Waals surface area contributed by atoms with Crippen molar-refractivity contribution < 1.29 is 25.9 Å². The molecule has 3 rings (SSSR count). The van der Waals surface area contributed by atoms with Crippen LogP contribution in [-0.2, 0) is 20.7 Å². The zero-order valence-electron chi connectivity index (χ0n) is 12.8. The average molecular weight is 394 g/mol. The second-order valence-electron chi connectivity index (χ2n) is 4.58. The molecule has 0 aromatic heterocycles. The fourth-order valence-electron chi connectivity index (χ4n) is 1.88. The number of carboxylic acid groups (broad SMARTS) is 1. The minimum atomic E-state index is -1.21. The summed E-state index contributed by atoms with van der Waals surface area (Å²) >= 11 is -1.21. The molecular formula is C20H19O2Rh. The van der Waals surface area contributed by atoms with Gasteiger partial charge in [-0.2, -0.15) is 0 Å². The van der Waals surface area contributed by atoms with E-state index in [1.54, 1.807) is 0 Å². The van der Waals surface area contributed by atoms with Gasteiger partial charge in [0.2, 0.25) is 0 Å². The molecule has 0 unspecified atom stereocenters. The van der Waals surface area contributed by atoms with E-state index in [2.05, 4.69) is 91.0 Å². The summed E-state index contributed by atoms with van der Waals surface area (Å²) in [6, 6.07) is 32.6. The Labute approximate surface area is 142 Å². The van der Waals surface area contributed by atoms with Crippen molar-refractivity contribution >= 4 is 18.4 Å². The molecule has 23 heavy (non-hydrogen) atoms. The first-order valence-corrected chi connectivity index (χ1v) is 9.62. The van der Waals surface area contributed by atoms with Crippen molar-refractivity contribution in [2.75, 3.05) is 0 Å². The van der Waals surface area contributed by atoms with Gasteiger partial charge >= 0.3 is 119 Å². The van der Waals surface area contributed by atoms with Crippen LogP contribution in [-0.4, -0.2) is 11.1 Å². The monoisotopic (exact) mass is 394 g/mol. The van der Waals surface area contributed by atoms with E-state index in [1.807, 2.05) is 0 Å². The summed E-state index contributed by atoms with van der Waals surface area (Å²) in [7, 11) is 0. The van der Waals surface area contributed by atoms with E-state index in [1.165, 1.54) is 12.5 Å². The zero-order chi connectivity index (χ0) is 16.5. The molecule has 0 aliphatic carbocycles. The van der Waals surface area contributed by atoms with Gasteiger partial charge in [0.05, 0.1) is 0 Å². The van der Waals surface area contributed by atoms with E-state index >= 15 is 0 Å². The average Bonchev–Trinajstić information content (AvgIpc) is 2.58. The molecule has 3 aromatic rings. The topological polar surface area (TPSA) is 37.3 Å². The molecule has 0 saturated carbocycles. The van der Waals surface area contributed by atoms with Crippen LogP contribution in [0.5, 0.6) is 0 Å².